The van der Waals surface area contributed by atoms with E-state index in [2.05, 4.69) is 5.32 Å². The molecular weight excluding hydrogens is 490 g/mol. The van der Waals surface area contributed by atoms with Crippen molar-refractivity contribution in [3.63, 3.8) is 0 Å². The normalized spacial score (nSPS) is 15.6. The summed E-state index contributed by atoms with van der Waals surface area (Å²) in [5.74, 6) is 0.0318. The van der Waals surface area contributed by atoms with E-state index < -0.39 is 15.8 Å². The molecule has 1 heterocycles. The third-order valence-corrected chi connectivity index (χ3v) is 7.44. The molecule has 0 saturated carbocycles. The summed E-state index contributed by atoms with van der Waals surface area (Å²) in [5, 5.41) is 3.13. The predicted octanol–water partition coefficient (Wildman–Crippen LogP) is 6.05. The second-order valence-corrected chi connectivity index (χ2v) is 11.4. The SMILES string of the molecule is CC(C)c1cc(F)cc(Oc2c(Cl)cc(NC(=O)CC3CCN(S(C)(=O)=O)CC3)cc2Cl)c1. The molecule has 1 aliphatic rings. The summed E-state index contributed by atoms with van der Waals surface area (Å²) in [7, 11) is -3.20. The molecule has 1 amide bonds. The number of hydrogen-bond acceptors (Lipinski definition) is 4. The number of rotatable bonds is 7. The maximum Gasteiger partial charge on any atom is 0.224 e. The Bertz CT molecular complexity index is 1110. The third-order valence-electron chi connectivity index (χ3n) is 5.58. The van der Waals surface area contributed by atoms with Gasteiger partial charge in [-0.25, -0.2) is 17.1 Å². The van der Waals surface area contributed by atoms with Crippen LogP contribution in [-0.2, 0) is 14.8 Å². The summed E-state index contributed by atoms with van der Waals surface area (Å²) >= 11 is 12.7. The quantitative estimate of drug-likeness (QED) is 0.485. The van der Waals surface area contributed by atoms with Gasteiger partial charge in [-0.2, -0.15) is 0 Å². The van der Waals surface area contributed by atoms with Gasteiger partial charge in [-0.15, -0.1) is 0 Å². The Labute approximate surface area is 204 Å². The number of benzene rings is 2. The topological polar surface area (TPSA) is 75.7 Å². The number of piperidine rings is 1. The lowest BCUT2D eigenvalue weighted by atomic mass is 9.94. The highest BCUT2D eigenvalue weighted by Crippen LogP contribution is 2.39. The zero-order valence-electron chi connectivity index (χ0n) is 18.7. The summed E-state index contributed by atoms with van der Waals surface area (Å²) in [4.78, 5) is 12.5. The standard InChI is InChI=1S/C23H27Cl2FN2O4S/c1-14(2)16-9-17(26)11-19(10-16)32-23-20(24)12-18(13-21(23)25)27-22(29)8-15-4-6-28(7-5-15)33(3,30)31/h9-15H,4-8H2,1-3H3,(H,27,29). The number of anilines is 1. The largest absolute Gasteiger partial charge is 0.454 e. The van der Waals surface area contributed by atoms with E-state index in [4.69, 9.17) is 27.9 Å². The first kappa shape index (κ1) is 25.7. The fourth-order valence-electron chi connectivity index (χ4n) is 3.74. The van der Waals surface area contributed by atoms with Gasteiger partial charge in [0, 0.05) is 31.3 Å². The fraction of sp³-hybridized carbons (Fsp3) is 0.435. The van der Waals surface area contributed by atoms with E-state index in [-0.39, 0.29) is 45.7 Å². The molecule has 1 fully saturated rings. The molecule has 0 unspecified atom stereocenters. The van der Waals surface area contributed by atoms with E-state index in [9.17, 15) is 17.6 Å². The highest BCUT2D eigenvalue weighted by Gasteiger charge is 2.26. The van der Waals surface area contributed by atoms with Crippen LogP contribution in [0.3, 0.4) is 0 Å². The summed E-state index contributed by atoms with van der Waals surface area (Å²) in [5.41, 5.74) is 1.20. The Kier molecular flexibility index (Phi) is 8.26. The van der Waals surface area contributed by atoms with Crippen LogP contribution in [-0.4, -0.2) is 38.0 Å². The highest BCUT2D eigenvalue weighted by atomic mass is 35.5. The van der Waals surface area contributed by atoms with Gasteiger partial charge >= 0.3 is 0 Å². The van der Waals surface area contributed by atoms with Crippen molar-refractivity contribution in [1.82, 2.24) is 4.31 Å². The first-order chi connectivity index (χ1) is 15.4. The number of carbonyl (C=O) groups excluding carboxylic acids is 1. The molecule has 2 aromatic rings. The fourth-order valence-corrected chi connectivity index (χ4v) is 5.18. The van der Waals surface area contributed by atoms with Gasteiger partial charge in [-0.3, -0.25) is 4.79 Å². The molecule has 1 N–H and O–H groups in total. The molecular formula is C23H27Cl2FN2O4S. The Morgan fingerprint density at radius 1 is 1.15 bits per heavy atom. The zero-order valence-corrected chi connectivity index (χ0v) is 21.0. The molecule has 1 saturated heterocycles. The second-order valence-electron chi connectivity index (χ2n) is 8.60. The molecule has 2 aromatic carbocycles. The maximum absolute atomic E-state index is 13.9. The number of hydrogen-bond donors (Lipinski definition) is 1. The van der Waals surface area contributed by atoms with E-state index in [1.807, 2.05) is 13.8 Å². The summed E-state index contributed by atoms with van der Waals surface area (Å²) in [6.07, 6.45) is 2.71. The minimum absolute atomic E-state index is 0.0969. The number of nitrogens with zero attached hydrogens (tertiary/aromatic N) is 1. The van der Waals surface area contributed by atoms with Crippen LogP contribution in [0.1, 0.15) is 44.6 Å². The second kappa shape index (κ2) is 10.6. The summed E-state index contributed by atoms with van der Waals surface area (Å²) in [6.45, 7) is 4.73. The molecule has 0 bridgehead atoms. The molecule has 10 heteroatoms. The maximum atomic E-state index is 13.9. The van der Waals surface area contributed by atoms with Crippen molar-refractivity contribution >= 4 is 44.8 Å². The highest BCUT2D eigenvalue weighted by molar-refractivity contribution is 7.88. The minimum atomic E-state index is -3.20. The van der Waals surface area contributed by atoms with Crippen LogP contribution in [0.5, 0.6) is 11.5 Å². The van der Waals surface area contributed by atoms with Crippen LogP contribution in [0.2, 0.25) is 10.0 Å². The van der Waals surface area contributed by atoms with Gasteiger partial charge in [0.2, 0.25) is 15.9 Å². The molecule has 0 atom stereocenters. The van der Waals surface area contributed by atoms with E-state index in [0.29, 0.717) is 31.6 Å². The Balaban J connectivity index is 1.64. The van der Waals surface area contributed by atoms with E-state index in [0.717, 1.165) is 5.56 Å². The molecule has 0 aliphatic carbocycles. The lowest BCUT2D eigenvalue weighted by Gasteiger charge is -2.29. The average molecular weight is 517 g/mol. The number of nitrogens with one attached hydrogen (secondary N) is 1. The Morgan fingerprint density at radius 2 is 1.76 bits per heavy atom. The molecule has 0 radical (unpaired) electrons. The van der Waals surface area contributed by atoms with Gasteiger partial charge < -0.3 is 10.1 Å². The number of amides is 1. The van der Waals surface area contributed by atoms with Crippen molar-refractivity contribution in [2.24, 2.45) is 5.92 Å². The molecule has 6 nitrogen and oxygen atoms in total. The van der Waals surface area contributed by atoms with Crippen molar-refractivity contribution in [2.45, 2.75) is 39.0 Å². The average Bonchev–Trinajstić information content (AvgIpc) is 2.70. The Hall–Kier alpha value is -1.87. The number of carbonyl (C=O) groups is 1. The van der Waals surface area contributed by atoms with Gasteiger partial charge in [0.15, 0.2) is 5.75 Å². The van der Waals surface area contributed by atoms with Crippen LogP contribution in [0.4, 0.5) is 10.1 Å². The van der Waals surface area contributed by atoms with Crippen LogP contribution < -0.4 is 10.1 Å². The van der Waals surface area contributed by atoms with Gasteiger partial charge in [0.1, 0.15) is 11.6 Å². The van der Waals surface area contributed by atoms with E-state index in [1.165, 1.54) is 34.8 Å². The van der Waals surface area contributed by atoms with Crippen LogP contribution in [0.25, 0.3) is 0 Å². The van der Waals surface area contributed by atoms with Crippen molar-refractivity contribution in [1.29, 1.82) is 0 Å². The summed E-state index contributed by atoms with van der Waals surface area (Å²) in [6, 6.07) is 7.48. The van der Waals surface area contributed by atoms with Crippen molar-refractivity contribution in [2.75, 3.05) is 24.7 Å². The molecule has 0 aromatic heterocycles. The first-order valence-corrected chi connectivity index (χ1v) is 13.2. The first-order valence-electron chi connectivity index (χ1n) is 10.6. The van der Waals surface area contributed by atoms with Crippen molar-refractivity contribution < 1.29 is 22.3 Å². The molecule has 3 rings (SSSR count). The summed E-state index contributed by atoms with van der Waals surface area (Å²) < 4.78 is 44.4. The minimum Gasteiger partial charge on any atom is -0.454 e. The Morgan fingerprint density at radius 3 is 2.30 bits per heavy atom. The smallest absolute Gasteiger partial charge is 0.224 e. The predicted molar refractivity (Wildman–Crippen MR) is 129 cm³/mol. The lowest BCUT2D eigenvalue weighted by molar-refractivity contribution is -0.117. The number of halogens is 3. The number of sulfonamides is 1. The molecule has 1 aliphatic heterocycles. The number of ether oxygens (including phenoxy) is 1. The van der Waals surface area contributed by atoms with Gasteiger partial charge in [0.25, 0.3) is 0 Å². The van der Waals surface area contributed by atoms with Gasteiger partial charge in [0.05, 0.1) is 16.3 Å². The van der Waals surface area contributed by atoms with E-state index >= 15 is 0 Å². The lowest BCUT2D eigenvalue weighted by Crippen LogP contribution is -2.38. The monoisotopic (exact) mass is 516 g/mol. The zero-order chi connectivity index (χ0) is 24.3. The molecule has 0 spiro atoms. The van der Waals surface area contributed by atoms with Crippen LogP contribution in [0, 0.1) is 11.7 Å². The van der Waals surface area contributed by atoms with Crippen molar-refractivity contribution in [3.8, 4) is 11.5 Å². The van der Waals surface area contributed by atoms with Crippen molar-refractivity contribution in [3.05, 3.63) is 51.8 Å². The van der Waals surface area contributed by atoms with Gasteiger partial charge in [-0.05, 0) is 54.5 Å². The van der Waals surface area contributed by atoms with Gasteiger partial charge in [-0.1, -0.05) is 37.0 Å². The third kappa shape index (κ3) is 7.06. The van der Waals surface area contributed by atoms with Crippen LogP contribution >= 0.6 is 23.2 Å². The van der Waals surface area contributed by atoms with Crippen LogP contribution in [0.15, 0.2) is 30.3 Å². The van der Waals surface area contributed by atoms with E-state index in [1.54, 1.807) is 6.07 Å². The molecule has 180 valence electrons. The molecule has 33 heavy (non-hydrogen) atoms.